The summed E-state index contributed by atoms with van der Waals surface area (Å²) in [7, 11) is 0. The number of H-pyrrole nitrogens is 1. The zero-order chi connectivity index (χ0) is 18.9. The highest BCUT2D eigenvalue weighted by molar-refractivity contribution is 7.71. The van der Waals surface area contributed by atoms with Crippen LogP contribution in [0.4, 0.5) is 0 Å². The van der Waals surface area contributed by atoms with Crippen LogP contribution in [0, 0.1) is 22.0 Å². The van der Waals surface area contributed by atoms with Crippen LogP contribution in [0.25, 0.3) is 0 Å². The van der Waals surface area contributed by atoms with Crippen LogP contribution in [-0.2, 0) is 11.3 Å². The monoisotopic (exact) mass is 378 g/mol. The highest BCUT2D eigenvalue weighted by atomic mass is 32.1. The number of carbonyl (C=O) groups is 1. The van der Waals surface area contributed by atoms with Gasteiger partial charge in [0.05, 0.1) is 0 Å². The Morgan fingerprint density at radius 3 is 2.85 bits per heavy atom. The van der Waals surface area contributed by atoms with Crippen molar-refractivity contribution in [2.45, 2.75) is 78.7 Å². The van der Waals surface area contributed by atoms with Gasteiger partial charge < -0.3 is 9.47 Å². The Kier molecular flexibility index (Phi) is 5.90. The van der Waals surface area contributed by atoms with E-state index in [4.69, 9.17) is 12.2 Å². The fourth-order valence-corrected chi connectivity index (χ4v) is 5.71. The van der Waals surface area contributed by atoms with Crippen LogP contribution in [-0.4, -0.2) is 38.7 Å². The van der Waals surface area contributed by atoms with Crippen LogP contribution in [0.3, 0.4) is 0 Å². The summed E-state index contributed by atoms with van der Waals surface area (Å²) in [5.41, 5.74) is 0.370. The molecule has 0 radical (unpaired) electrons. The van der Waals surface area contributed by atoms with Crippen LogP contribution < -0.4 is 0 Å². The van der Waals surface area contributed by atoms with Gasteiger partial charge in [0.1, 0.15) is 5.82 Å². The normalized spacial score (nSPS) is 28.9. The number of piperidine rings is 1. The van der Waals surface area contributed by atoms with E-state index < -0.39 is 0 Å². The lowest BCUT2D eigenvalue weighted by Gasteiger charge is -2.40. The topological polar surface area (TPSA) is 53.9 Å². The highest BCUT2D eigenvalue weighted by Crippen LogP contribution is 2.43. The molecule has 6 heteroatoms. The molecule has 2 fully saturated rings. The van der Waals surface area contributed by atoms with Crippen molar-refractivity contribution in [1.82, 2.24) is 19.7 Å². The number of amides is 1. The predicted molar refractivity (Wildman–Crippen MR) is 107 cm³/mol. The minimum absolute atomic E-state index is 0.294. The van der Waals surface area contributed by atoms with Gasteiger partial charge in [-0.1, -0.05) is 20.8 Å². The van der Waals surface area contributed by atoms with Crippen LogP contribution in [0.5, 0.6) is 0 Å². The molecule has 0 spiro atoms. The van der Waals surface area contributed by atoms with Crippen molar-refractivity contribution in [3.63, 3.8) is 0 Å². The summed E-state index contributed by atoms with van der Waals surface area (Å²) in [4.78, 5) is 15.1. The van der Waals surface area contributed by atoms with Gasteiger partial charge in [0.15, 0.2) is 4.77 Å². The van der Waals surface area contributed by atoms with Crippen LogP contribution in [0.15, 0.2) is 0 Å². The van der Waals surface area contributed by atoms with E-state index in [1.165, 1.54) is 19.3 Å². The molecular weight excluding hydrogens is 344 g/mol. The van der Waals surface area contributed by atoms with Crippen LogP contribution >= 0.6 is 12.2 Å². The van der Waals surface area contributed by atoms with E-state index in [1.54, 1.807) is 0 Å². The predicted octanol–water partition coefficient (Wildman–Crippen LogP) is 4.52. The third kappa shape index (κ3) is 4.38. The second-order valence-electron chi connectivity index (χ2n) is 9.29. The molecule has 0 aromatic carbocycles. The maximum atomic E-state index is 13.0. The molecule has 3 atom stereocenters. The summed E-state index contributed by atoms with van der Waals surface area (Å²) in [6.45, 7) is 11.6. The van der Waals surface area contributed by atoms with E-state index in [0.29, 0.717) is 34.3 Å². The molecule has 2 heterocycles. The van der Waals surface area contributed by atoms with E-state index in [1.807, 2.05) is 0 Å². The number of aromatic amines is 1. The summed E-state index contributed by atoms with van der Waals surface area (Å²) in [6, 6.07) is 0. The minimum Gasteiger partial charge on any atom is -0.342 e. The van der Waals surface area contributed by atoms with Crippen molar-refractivity contribution in [3.8, 4) is 0 Å². The number of hydrogen-bond donors (Lipinski definition) is 1. The molecular formula is C20H34N4OS. The van der Waals surface area contributed by atoms with Gasteiger partial charge in [0, 0.05) is 32.0 Å². The molecule has 146 valence electrons. The molecule has 1 N–H and O–H groups in total. The first kappa shape index (κ1) is 19.6. The van der Waals surface area contributed by atoms with E-state index in [9.17, 15) is 4.79 Å². The van der Waals surface area contributed by atoms with Gasteiger partial charge in [0.2, 0.25) is 5.91 Å². The highest BCUT2D eigenvalue weighted by Gasteiger charge is 2.35. The van der Waals surface area contributed by atoms with E-state index in [0.717, 1.165) is 44.2 Å². The second-order valence-corrected chi connectivity index (χ2v) is 9.68. The lowest BCUT2D eigenvalue weighted by atomic mass is 9.67. The Hall–Kier alpha value is -1.17. The summed E-state index contributed by atoms with van der Waals surface area (Å²) >= 11 is 5.33. The van der Waals surface area contributed by atoms with Gasteiger partial charge in [-0.05, 0) is 68.5 Å². The summed E-state index contributed by atoms with van der Waals surface area (Å²) in [5.74, 6) is 2.90. The molecule has 3 unspecified atom stereocenters. The molecule has 2 aliphatic rings. The first-order valence-electron chi connectivity index (χ1n) is 10.2. The first-order chi connectivity index (χ1) is 12.3. The van der Waals surface area contributed by atoms with Gasteiger partial charge in [-0.25, -0.2) is 0 Å². The number of rotatable bonds is 4. The Labute approximate surface area is 162 Å². The molecule has 1 amide bonds. The average Bonchev–Trinajstić information content (AvgIpc) is 2.93. The molecule has 26 heavy (non-hydrogen) atoms. The number of nitrogens with zero attached hydrogens (tertiary/aromatic N) is 3. The van der Waals surface area contributed by atoms with Gasteiger partial charge in [0.25, 0.3) is 0 Å². The molecule has 0 bridgehead atoms. The average molecular weight is 379 g/mol. The van der Waals surface area contributed by atoms with Gasteiger partial charge in [-0.3, -0.25) is 9.89 Å². The summed E-state index contributed by atoms with van der Waals surface area (Å²) < 4.78 is 2.75. The second kappa shape index (κ2) is 7.83. The standard InChI is InChI=1S/C20H34N4OS/c1-5-24-18(21-22-19(24)26)16-7-6-8-23(13-16)17(25)10-15-9-14(2)11-20(3,4)12-15/h14-16H,5-13H2,1-4H3,(H,22,26). The number of carbonyl (C=O) groups excluding carboxylic acids is 1. The van der Waals surface area contributed by atoms with Crippen LogP contribution in [0.1, 0.15) is 78.0 Å². The Morgan fingerprint density at radius 1 is 1.38 bits per heavy atom. The number of nitrogens with one attached hydrogen (secondary N) is 1. The first-order valence-corrected chi connectivity index (χ1v) is 10.6. The van der Waals surface area contributed by atoms with Crippen molar-refractivity contribution in [2.75, 3.05) is 13.1 Å². The van der Waals surface area contributed by atoms with Crippen molar-refractivity contribution < 1.29 is 4.79 Å². The maximum absolute atomic E-state index is 13.0. The molecule has 1 aromatic heterocycles. The van der Waals surface area contributed by atoms with Crippen molar-refractivity contribution in [1.29, 1.82) is 0 Å². The van der Waals surface area contributed by atoms with E-state index in [2.05, 4.69) is 47.4 Å². The molecule has 5 nitrogen and oxygen atoms in total. The van der Waals surface area contributed by atoms with Crippen LogP contribution in [0.2, 0.25) is 0 Å². The Bertz CT molecular complexity index is 692. The zero-order valence-electron chi connectivity index (χ0n) is 16.8. The number of likely N-dealkylation sites (tertiary alicyclic amines) is 1. The third-order valence-corrected chi connectivity index (χ3v) is 6.50. The van der Waals surface area contributed by atoms with E-state index >= 15 is 0 Å². The number of aromatic nitrogens is 3. The Morgan fingerprint density at radius 2 is 2.15 bits per heavy atom. The van der Waals surface area contributed by atoms with Gasteiger partial charge in [-0.15, -0.1) is 0 Å². The SMILES string of the molecule is CCn1c(C2CCCN(C(=O)CC3CC(C)CC(C)(C)C3)C2)n[nH]c1=S. The summed E-state index contributed by atoms with van der Waals surface area (Å²) in [5, 5.41) is 7.38. The van der Waals surface area contributed by atoms with Gasteiger partial charge in [-0.2, -0.15) is 5.10 Å². The molecule has 1 saturated carbocycles. The van der Waals surface area contributed by atoms with Crippen molar-refractivity contribution >= 4 is 18.1 Å². The van der Waals surface area contributed by atoms with Gasteiger partial charge >= 0.3 is 0 Å². The third-order valence-electron chi connectivity index (χ3n) is 6.18. The largest absolute Gasteiger partial charge is 0.342 e. The molecule has 3 rings (SSSR count). The quantitative estimate of drug-likeness (QED) is 0.784. The lowest BCUT2D eigenvalue weighted by molar-refractivity contribution is -0.134. The zero-order valence-corrected chi connectivity index (χ0v) is 17.6. The number of hydrogen-bond acceptors (Lipinski definition) is 3. The minimum atomic E-state index is 0.294. The molecule has 1 saturated heterocycles. The van der Waals surface area contributed by atoms with Crippen molar-refractivity contribution in [2.24, 2.45) is 17.3 Å². The maximum Gasteiger partial charge on any atom is 0.222 e. The van der Waals surface area contributed by atoms with E-state index in [-0.39, 0.29) is 0 Å². The fourth-order valence-electron chi connectivity index (χ4n) is 5.44. The molecule has 1 aliphatic heterocycles. The fraction of sp³-hybridized carbons (Fsp3) is 0.850. The lowest BCUT2D eigenvalue weighted by Crippen LogP contribution is -2.41. The van der Waals surface area contributed by atoms with Crippen molar-refractivity contribution in [3.05, 3.63) is 10.6 Å². The smallest absolute Gasteiger partial charge is 0.222 e. The molecule has 1 aromatic rings. The summed E-state index contributed by atoms with van der Waals surface area (Å²) in [6.07, 6.45) is 6.49. The Balaban J connectivity index is 1.64. The molecule has 1 aliphatic carbocycles.